The van der Waals surface area contributed by atoms with Crippen molar-refractivity contribution in [1.82, 2.24) is 5.32 Å². The van der Waals surface area contributed by atoms with Gasteiger partial charge in [-0.15, -0.1) is 0 Å². The minimum absolute atomic E-state index is 0.597. The summed E-state index contributed by atoms with van der Waals surface area (Å²) in [6.45, 7) is 6.90. The van der Waals surface area contributed by atoms with Gasteiger partial charge < -0.3 is 5.32 Å². The van der Waals surface area contributed by atoms with E-state index >= 15 is 0 Å². The lowest BCUT2D eigenvalue weighted by atomic mass is 10.1. The van der Waals surface area contributed by atoms with Crippen molar-refractivity contribution in [3.63, 3.8) is 0 Å². The van der Waals surface area contributed by atoms with Crippen molar-refractivity contribution in [1.29, 1.82) is 5.26 Å². The Balaban J connectivity index is 1.84. The first-order valence-electron chi connectivity index (χ1n) is 5.24. The second kappa shape index (κ2) is 4.62. The third kappa shape index (κ3) is 3.78. The summed E-state index contributed by atoms with van der Waals surface area (Å²) in [5.74, 6) is 0.892. The fraction of sp³-hybridized carbons (Fsp3) is 0.909. The van der Waals surface area contributed by atoms with Gasteiger partial charge in [-0.05, 0) is 43.7 Å². The second-order valence-electron chi connectivity index (χ2n) is 4.71. The summed E-state index contributed by atoms with van der Waals surface area (Å²) in [6.07, 6.45) is 4.26. The molecule has 1 rings (SSSR count). The Morgan fingerprint density at radius 1 is 1.46 bits per heavy atom. The summed E-state index contributed by atoms with van der Waals surface area (Å²) in [4.78, 5) is 0. The van der Waals surface area contributed by atoms with Crippen LogP contribution in [0.5, 0.6) is 0 Å². The number of nitriles is 1. The van der Waals surface area contributed by atoms with E-state index in [1.807, 2.05) is 0 Å². The monoisotopic (exact) mass is 180 g/mol. The van der Waals surface area contributed by atoms with Gasteiger partial charge in [0, 0.05) is 6.42 Å². The van der Waals surface area contributed by atoms with Crippen LogP contribution in [-0.4, -0.2) is 13.1 Å². The highest BCUT2D eigenvalue weighted by Gasteiger charge is 2.44. The molecule has 1 N–H and O–H groups in total. The Kier molecular flexibility index (Phi) is 3.74. The molecule has 0 spiro atoms. The normalized spacial score (nSPS) is 23.9. The van der Waals surface area contributed by atoms with Crippen LogP contribution >= 0.6 is 0 Å². The van der Waals surface area contributed by atoms with Crippen molar-refractivity contribution in [2.45, 2.75) is 39.5 Å². The van der Waals surface area contributed by atoms with Gasteiger partial charge in [-0.1, -0.05) is 13.8 Å². The van der Waals surface area contributed by atoms with Crippen LogP contribution in [0.2, 0.25) is 0 Å². The molecule has 0 aromatic heterocycles. The van der Waals surface area contributed by atoms with Crippen LogP contribution in [0.1, 0.15) is 39.5 Å². The maximum Gasteiger partial charge on any atom is 0.0621 e. The lowest BCUT2D eigenvalue weighted by molar-refractivity contribution is 0.513. The van der Waals surface area contributed by atoms with E-state index in [1.54, 1.807) is 0 Å². The average molecular weight is 180 g/mol. The Bertz CT molecular complexity index is 191. The Morgan fingerprint density at radius 3 is 2.69 bits per heavy atom. The highest BCUT2D eigenvalue weighted by Crippen LogP contribution is 2.50. The molecule has 0 saturated heterocycles. The minimum atomic E-state index is 0.597. The zero-order valence-electron chi connectivity index (χ0n) is 8.77. The summed E-state index contributed by atoms with van der Waals surface area (Å²) in [7, 11) is 0. The van der Waals surface area contributed by atoms with E-state index in [0.29, 0.717) is 11.8 Å². The summed E-state index contributed by atoms with van der Waals surface area (Å²) in [6, 6.07) is 2.17. The Morgan fingerprint density at radius 2 is 2.15 bits per heavy atom. The van der Waals surface area contributed by atoms with Gasteiger partial charge in [-0.2, -0.15) is 5.26 Å². The third-order valence-corrected chi connectivity index (χ3v) is 3.00. The first-order chi connectivity index (χ1) is 6.17. The summed E-state index contributed by atoms with van der Waals surface area (Å²) < 4.78 is 0. The molecule has 1 aliphatic rings. The van der Waals surface area contributed by atoms with Gasteiger partial charge in [0.25, 0.3) is 0 Å². The number of nitrogens with one attached hydrogen (secondary N) is 1. The van der Waals surface area contributed by atoms with Gasteiger partial charge in [0.15, 0.2) is 0 Å². The molecule has 1 fully saturated rings. The van der Waals surface area contributed by atoms with E-state index in [4.69, 9.17) is 5.26 Å². The third-order valence-electron chi connectivity index (χ3n) is 3.00. The van der Waals surface area contributed by atoms with Crippen molar-refractivity contribution in [2.24, 2.45) is 11.3 Å². The molecule has 1 unspecified atom stereocenters. The largest absolute Gasteiger partial charge is 0.316 e. The number of hydrogen-bond acceptors (Lipinski definition) is 2. The van der Waals surface area contributed by atoms with Crippen molar-refractivity contribution >= 4 is 0 Å². The first kappa shape index (κ1) is 10.5. The quantitative estimate of drug-likeness (QED) is 0.637. The molecule has 74 valence electrons. The fourth-order valence-electron chi connectivity index (χ4n) is 1.65. The van der Waals surface area contributed by atoms with Gasteiger partial charge in [-0.3, -0.25) is 0 Å². The van der Waals surface area contributed by atoms with E-state index in [1.165, 1.54) is 13.0 Å². The number of unbranched alkanes of at least 4 members (excludes halogenated alkanes) is 2. The predicted molar refractivity (Wildman–Crippen MR) is 54.2 cm³/mol. The SMILES string of the molecule is CC1(C)CC1CNCCCCC#N. The molecular weight excluding hydrogens is 160 g/mol. The lowest BCUT2D eigenvalue weighted by Gasteiger charge is -2.04. The highest BCUT2D eigenvalue weighted by atomic mass is 14.9. The Hall–Kier alpha value is -0.550. The summed E-state index contributed by atoms with van der Waals surface area (Å²) >= 11 is 0. The minimum Gasteiger partial charge on any atom is -0.316 e. The summed E-state index contributed by atoms with van der Waals surface area (Å²) in [5.41, 5.74) is 0.597. The smallest absolute Gasteiger partial charge is 0.0621 e. The molecule has 2 nitrogen and oxygen atoms in total. The maximum atomic E-state index is 8.32. The van der Waals surface area contributed by atoms with E-state index in [0.717, 1.165) is 25.3 Å². The molecular formula is C11H20N2. The number of nitrogens with zero attached hydrogens (tertiary/aromatic N) is 1. The van der Waals surface area contributed by atoms with E-state index < -0.39 is 0 Å². The van der Waals surface area contributed by atoms with Crippen LogP contribution in [-0.2, 0) is 0 Å². The van der Waals surface area contributed by atoms with Crippen molar-refractivity contribution in [3.8, 4) is 6.07 Å². The van der Waals surface area contributed by atoms with Crippen molar-refractivity contribution in [3.05, 3.63) is 0 Å². The maximum absolute atomic E-state index is 8.32. The molecule has 0 radical (unpaired) electrons. The van der Waals surface area contributed by atoms with E-state index in [2.05, 4.69) is 25.2 Å². The molecule has 13 heavy (non-hydrogen) atoms. The molecule has 0 heterocycles. The topological polar surface area (TPSA) is 35.8 Å². The molecule has 0 aromatic rings. The van der Waals surface area contributed by atoms with Crippen LogP contribution < -0.4 is 5.32 Å². The predicted octanol–water partition coefficient (Wildman–Crippen LogP) is 2.32. The van der Waals surface area contributed by atoms with Gasteiger partial charge in [0.05, 0.1) is 6.07 Å². The molecule has 1 aliphatic carbocycles. The van der Waals surface area contributed by atoms with Gasteiger partial charge in [0.1, 0.15) is 0 Å². The second-order valence-corrected chi connectivity index (χ2v) is 4.71. The highest BCUT2D eigenvalue weighted by molar-refractivity contribution is 4.95. The van der Waals surface area contributed by atoms with Crippen molar-refractivity contribution < 1.29 is 0 Å². The van der Waals surface area contributed by atoms with E-state index in [9.17, 15) is 0 Å². The van der Waals surface area contributed by atoms with Crippen LogP contribution in [0.15, 0.2) is 0 Å². The zero-order valence-corrected chi connectivity index (χ0v) is 8.77. The van der Waals surface area contributed by atoms with Crippen LogP contribution in [0.25, 0.3) is 0 Å². The molecule has 0 bridgehead atoms. The lowest BCUT2D eigenvalue weighted by Crippen LogP contribution is -2.19. The standard InChI is InChI=1S/C11H20N2/c1-11(2)8-10(11)9-13-7-5-3-4-6-12/h10,13H,3-5,7-9H2,1-2H3. The first-order valence-corrected chi connectivity index (χ1v) is 5.24. The Labute approximate surface area is 81.3 Å². The molecule has 1 atom stereocenters. The van der Waals surface area contributed by atoms with Crippen molar-refractivity contribution in [2.75, 3.05) is 13.1 Å². The average Bonchev–Trinajstić information content (AvgIpc) is 2.67. The van der Waals surface area contributed by atoms with E-state index in [-0.39, 0.29) is 0 Å². The van der Waals surface area contributed by atoms with Gasteiger partial charge >= 0.3 is 0 Å². The van der Waals surface area contributed by atoms with Crippen LogP contribution in [0.3, 0.4) is 0 Å². The molecule has 0 amide bonds. The number of hydrogen-bond donors (Lipinski definition) is 1. The van der Waals surface area contributed by atoms with Crippen LogP contribution in [0, 0.1) is 22.7 Å². The van der Waals surface area contributed by atoms with Gasteiger partial charge in [-0.25, -0.2) is 0 Å². The number of rotatable bonds is 6. The molecule has 0 aliphatic heterocycles. The molecule has 0 aromatic carbocycles. The van der Waals surface area contributed by atoms with Crippen LogP contribution in [0.4, 0.5) is 0 Å². The molecule has 2 heteroatoms. The zero-order chi connectivity index (χ0) is 9.73. The molecule has 1 saturated carbocycles. The van der Waals surface area contributed by atoms with Gasteiger partial charge in [0.2, 0.25) is 0 Å². The fourth-order valence-corrected chi connectivity index (χ4v) is 1.65. The summed E-state index contributed by atoms with van der Waals surface area (Å²) in [5, 5.41) is 11.8.